The van der Waals surface area contributed by atoms with Gasteiger partial charge >= 0.3 is 0 Å². The molecule has 1 fully saturated rings. The highest BCUT2D eigenvalue weighted by Gasteiger charge is 2.22. The van der Waals surface area contributed by atoms with Crippen molar-refractivity contribution >= 4 is 28.9 Å². The summed E-state index contributed by atoms with van der Waals surface area (Å²) in [7, 11) is 0. The molecule has 5 heteroatoms. The van der Waals surface area contributed by atoms with E-state index in [0.717, 1.165) is 37.4 Å². The fourth-order valence-electron chi connectivity index (χ4n) is 3.38. The van der Waals surface area contributed by atoms with Crippen LogP contribution in [0.5, 0.6) is 0 Å². The van der Waals surface area contributed by atoms with E-state index in [0.29, 0.717) is 11.6 Å². The lowest BCUT2D eigenvalue weighted by Gasteiger charge is -2.37. The van der Waals surface area contributed by atoms with E-state index < -0.39 is 0 Å². The summed E-state index contributed by atoms with van der Waals surface area (Å²) in [6.45, 7) is 9.87. The van der Waals surface area contributed by atoms with Gasteiger partial charge in [0.1, 0.15) is 0 Å². The van der Waals surface area contributed by atoms with Crippen LogP contribution in [-0.2, 0) is 4.79 Å². The van der Waals surface area contributed by atoms with Gasteiger partial charge in [-0.1, -0.05) is 23.7 Å². The molecule has 0 saturated carbocycles. The number of amides is 1. The van der Waals surface area contributed by atoms with Crippen LogP contribution in [0, 0.1) is 20.8 Å². The molecule has 0 unspecified atom stereocenters. The molecule has 1 amide bonds. The Labute approximate surface area is 160 Å². The number of hydrogen-bond donors (Lipinski definition) is 1. The maximum atomic E-state index is 12.5. The molecule has 138 valence electrons. The molecule has 0 radical (unpaired) electrons. The minimum absolute atomic E-state index is 0.139. The second-order valence-electron chi connectivity index (χ2n) is 6.90. The van der Waals surface area contributed by atoms with Crippen LogP contribution < -0.4 is 10.2 Å². The average Bonchev–Trinajstić information content (AvgIpc) is 2.63. The molecular formula is C21H26ClN3O. The van der Waals surface area contributed by atoms with Gasteiger partial charge in [0.25, 0.3) is 0 Å². The van der Waals surface area contributed by atoms with Crippen LogP contribution in [0.25, 0.3) is 0 Å². The fourth-order valence-corrected chi connectivity index (χ4v) is 3.61. The van der Waals surface area contributed by atoms with E-state index >= 15 is 0 Å². The standard InChI is InChI=1S/C21H26ClN3O/c1-15-5-4-6-20(17(15)3)24-9-11-25(12-10-24)21(26)14-23-19-8-7-18(22)13-16(19)2/h4-8,13,23H,9-12,14H2,1-3H3. The zero-order valence-electron chi connectivity index (χ0n) is 15.7. The Balaban J connectivity index is 1.54. The molecular weight excluding hydrogens is 346 g/mol. The monoisotopic (exact) mass is 371 g/mol. The number of halogens is 1. The van der Waals surface area contributed by atoms with E-state index in [-0.39, 0.29) is 5.91 Å². The van der Waals surface area contributed by atoms with Crippen LogP contribution >= 0.6 is 11.6 Å². The van der Waals surface area contributed by atoms with E-state index in [4.69, 9.17) is 11.6 Å². The van der Waals surface area contributed by atoms with Crippen molar-refractivity contribution in [1.29, 1.82) is 0 Å². The van der Waals surface area contributed by atoms with Crippen LogP contribution in [-0.4, -0.2) is 43.5 Å². The van der Waals surface area contributed by atoms with Gasteiger partial charge in [-0.3, -0.25) is 4.79 Å². The van der Waals surface area contributed by atoms with E-state index in [1.165, 1.54) is 16.8 Å². The highest BCUT2D eigenvalue weighted by Crippen LogP contribution is 2.24. The van der Waals surface area contributed by atoms with E-state index in [2.05, 4.69) is 42.3 Å². The van der Waals surface area contributed by atoms with Gasteiger partial charge in [-0.15, -0.1) is 0 Å². The normalized spacial score (nSPS) is 14.5. The molecule has 2 aromatic rings. The van der Waals surface area contributed by atoms with Gasteiger partial charge in [-0.05, 0) is 61.7 Å². The predicted octanol–water partition coefficient (Wildman–Crippen LogP) is 4.03. The first-order valence-corrected chi connectivity index (χ1v) is 9.42. The summed E-state index contributed by atoms with van der Waals surface area (Å²) in [5, 5.41) is 3.94. The number of aryl methyl sites for hydroxylation is 2. The van der Waals surface area contributed by atoms with Crippen LogP contribution in [0.15, 0.2) is 36.4 Å². The molecule has 2 aromatic carbocycles. The SMILES string of the molecule is Cc1cc(Cl)ccc1NCC(=O)N1CCN(c2cccc(C)c2C)CC1. The Morgan fingerprint density at radius 2 is 1.77 bits per heavy atom. The third kappa shape index (κ3) is 4.13. The van der Waals surface area contributed by atoms with Gasteiger partial charge in [0.05, 0.1) is 6.54 Å². The summed E-state index contributed by atoms with van der Waals surface area (Å²) in [6, 6.07) is 12.1. The van der Waals surface area contributed by atoms with Crippen molar-refractivity contribution in [1.82, 2.24) is 4.90 Å². The lowest BCUT2D eigenvalue weighted by atomic mass is 10.1. The maximum absolute atomic E-state index is 12.5. The van der Waals surface area contributed by atoms with Crippen molar-refractivity contribution in [2.24, 2.45) is 0 Å². The number of rotatable bonds is 4. The molecule has 0 aliphatic carbocycles. The zero-order chi connectivity index (χ0) is 18.7. The van der Waals surface area contributed by atoms with Crippen molar-refractivity contribution in [3.8, 4) is 0 Å². The molecule has 0 spiro atoms. The van der Waals surface area contributed by atoms with Gasteiger partial charge in [-0.25, -0.2) is 0 Å². The van der Waals surface area contributed by atoms with Gasteiger partial charge in [-0.2, -0.15) is 0 Å². The lowest BCUT2D eigenvalue weighted by molar-refractivity contribution is -0.129. The summed E-state index contributed by atoms with van der Waals surface area (Å²) >= 11 is 5.98. The number of hydrogen-bond acceptors (Lipinski definition) is 3. The van der Waals surface area contributed by atoms with Crippen molar-refractivity contribution in [2.45, 2.75) is 20.8 Å². The number of nitrogens with one attached hydrogen (secondary N) is 1. The van der Waals surface area contributed by atoms with Crippen LogP contribution in [0.2, 0.25) is 5.02 Å². The first-order chi connectivity index (χ1) is 12.5. The Morgan fingerprint density at radius 3 is 2.46 bits per heavy atom. The Bertz CT molecular complexity index is 798. The van der Waals surface area contributed by atoms with Crippen molar-refractivity contribution in [3.05, 3.63) is 58.1 Å². The summed E-state index contributed by atoms with van der Waals surface area (Å²) in [5.74, 6) is 0.139. The second kappa shape index (κ2) is 8.00. The van der Waals surface area contributed by atoms with E-state index in [1.54, 1.807) is 0 Å². The first-order valence-electron chi connectivity index (χ1n) is 9.04. The largest absolute Gasteiger partial charge is 0.376 e. The maximum Gasteiger partial charge on any atom is 0.241 e. The summed E-state index contributed by atoms with van der Waals surface area (Å²) in [6.07, 6.45) is 0. The van der Waals surface area contributed by atoms with Gasteiger partial charge in [0.15, 0.2) is 0 Å². The zero-order valence-corrected chi connectivity index (χ0v) is 16.4. The molecule has 1 heterocycles. The topological polar surface area (TPSA) is 35.6 Å². The molecule has 3 rings (SSSR count). The van der Waals surface area contributed by atoms with Gasteiger partial charge in [0.2, 0.25) is 5.91 Å². The van der Waals surface area contributed by atoms with Crippen molar-refractivity contribution in [2.75, 3.05) is 42.9 Å². The molecule has 1 aliphatic rings. The number of benzene rings is 2. The fraction of sp³-hybridized carbons (Fsp3) is 0.381. The molecule has 1 saturated heterocycles. The molecule has 0 atom stereocenters. The Morgan fingerprint density at radius 1 is 1.04 bits per heavy atom. The summed E-state index contributed by atoms with van der Waals surface area (Å²) in [5.41, 5.74) is 5.92. The highest BCUT2D eigenvalue weighted by atomic mass is 35.5. The molecule has 1 N–H and O–H groups in total. The van der Waals surface area contributed by atoms with Crippen LogP contribution in [0.3, 0.4) is 0 Å². The molecule has 26 heavy (non-hydrogen) atoms. The second-order valence-corrected chi connectivity index (χ2v) is 7.34. The minimum Gasteiger partial charge on any atom is -0.376 e. The van der Waals surface area contributed by atoms with E-state index in [1.807, 2.05) is 30.0 Å². The van der Waals surface area contributed by atoms with Crippen molar-refractivity contribution < 1.29 is 4.79 Å². The Kier molecular flexibility index (Phi) is 5.72. The number of carbonyl (C=O) groups is 1. The van der Waals surface area contributed by atoms with Crippen molar-refractivity contribution in [3.63, 3.8) is 0 Å². The van der Waals surface area contributed by atoms with Crippen LogP contribution in [0.1, 0.15) is 16.7 Å². The smallest absolute Gasteiger partial charge is 0.241 e. The minimum atomic E-state index is 0.139. The summed E-state index contributed by atoms with van der Waals surface area (Å²) in [4.78, 5) is 16.9. The molecule has 1 aliphatic heterocycles. The third-order valence-corrected chi connectivity index (χ3v) is 5.40. The molecule has 0 aromatic heterocycles. The lowest BCUT2D eigenvalue weighted by Crippen LogP contribution is -2.50. The number of piperazine rings is 1. The molecule has 0 bridgehead atoms. The number of carbonyl (C=O) groups excluding carboxylic acids is 1. The van der Waals surface area contributed by atoms with Gasteiger partial charge < -0.3 is 15.1 Å². The third-order valence-electron chi connectivity index (χ3n) is 5.17. The Hall–Kier alpha value is -2.20. The predicted molar refractivity (Wildman–Crippen MR) is 109 cm³/mol. The van der Waals surface area contributed by atoms with Gasteiger partial charge in [0, 0.05) is 42.6 Å². The average molecular weight is 372 g/mol. The summed E-state index contributed by atoms with van der Waals surface area (Å²) < 4.78 is 0. The number of anilines is 2. The quantitative estimate of drug-likeness (QED) is 0.881. The van der Waals surface area contributed by atoms with Crippen LogP contribution in [0.4, 0.5) is 11.4 Å². The van der Waals surface area contributed by atoms with E-state index in [9.17, 15) is 4.79 Å². The number of nitrogens with zero attached hydrogens (tertiary/aromatic N) is 2. The first kappa shape index (κ1) is 18.6. The molecule has 4 nitrogen and oxygen atoms in total. The highest BCUT2D eigenvalue weighted by molar-refractivity contribution is 6.30.